The molecule has 0 bridgehead atoms. The lowest BCUT2D eigenvalue weighted by Gasteiger charge is -2.25. The van der Waals surface area contributed by atoms with Gasteiger partial charge in [0.2, 0.25) is 15.9 Å². The SMILES string of the molecule is CCC(C)N(CC(=O)NCCCc1ccccc1)S(C)(=O)=O. The molecule has 1 unspecified atom stereocenters. The van der Waals surface area contributed by atoms with E-state index in [1.807, 2.05) is 32.0 Å². The first-order chi connectivity index (χ1) is 10.3. The van der Waals surface area contributed by atoms with Gasteiger partial charge in [0.05, 0.1) is 12.8 Å². The number of benzene rings is 1. The Morgan fingerprint density at radius 2 is 1.91 bits per heavy atom. The van der Waals surface area contributed by atoms with E-state index in [1.165, 1.54) is 9.87 Å². The predicted molar refractivity (Wildman–Crippen MR) is 89.1 cm³/mol. The van der Waals surface area contributed by atoms with Gasteiger partial charge < -0.3 is 5.32 Å². The second kappa shape index (κ2) is 8.90. The van der Waals surface area contributed by atoms with Crippen molar-refractivity contribution in [2.75, 3.05) is 19.3 Å². The Balaban J connectivity index is 2.38. The van der Waals surface area contributed by atoms with E-state index in [4.69, 9.17) is 0 Å². The number of amides is 1. The Kier molecular flexibility index (Phi) is 7.55. The van der Waals surface area contributed by atoms with Crippen LogP contribution < -0.4 is 5.32 Å². The zero-order valence-corrected chi connectivity index (χ0v) is 14.4. The first kappa shape index (κ1) is 18.6. The van der Waals surface area contributed by atoms with Gasteiger partial charge in [0.1, 0.15) is 0 Å². The number of carbonyl (C=O) groups excluding carboxylic acids is 1. The van der Waals surface area contributed by atoms with Crippen molar-refractivity contribution in [2.45, 2.75) is 39.2 Å². The molecule has 0 spiro atoms. The molecule has 0 radical (unpaired) electrons. The molecule has 1 N–H and O–H groups in total. The standard InChI is InChI=1S/C16H26N2O3S/c1-4-14(2)18(22(3,20)21)13-16(19)17-12-8-11-15-9-6-5-7-10-15/h5-7,9-10,14H,4,8,11-13H2,1-3H3,(H,17,19). The molecule has 5 nitrogen and oxygen atoms in total. The van der Waals surface area contributed by atoms with Gasteiger partial charge in [0, 0.05) is 12.6 Å². The van der Waals surface area contributed by atoms with E-state index in [1.54, 1.807) is 0 Å². The summed E-state index contributed by atoms with van der Waals surface area (Å²) in [6.07, 6.45) is 3.54. The minimum absolute atomic E-state index is 0.112. The molecule has 6 heteroatoms. The number of aryl methyl sites for hydroxylation is 1. The van der Waals surface area contributed by atoms with Crippen LogP contribution in [0.5, 0.6) is 0 Å². The average molecular weight is 326 g/mol. The minimum atomic E-state index is -3.37. The van der Waals surface area contributed by atoms with Crippen LogP contribution in [0.4, 0.5) is 0 Å². The van der Waals surface area contributed by atoms with Crippen molar-refractivity contribution in [2.24, 2.45) is 0 Å². The highest BCUT2D eigenvalue weighted by Gasteiger charge is 2.24. The first-order valence-electron chi connectivity index (χ1n) is 7.62. The van der Waals surface area contributed by atoms with Crippen molar-refractivity contribution >= 4 is 15.9 Å². The lowest BCUT2D eigenvalue weighted by atomic mass is 10.1. The van der Waals surface area contributed by atoms with Crippen molar-refractivity contribution in [3.63, 3.8) is 0 Å². The fourth-order valence-electron chi connectivity index (χ4n) is 2.17. The van der Waals surface area contributed by atoms with Crippen LogP contribution in [0.15, 0.2) is 30.3 Å². The quantitative estimate of drug-likeness (QED) is 0.704. The smallest absolute Gasteiger partial charge is 0.235 e. The van der Waals surface area contributed by atoms with Crippen LogP contribution in [-0.4, -0.2) is 44.0 Å². The fourth-order valence-corrected chi connectivity index (χ4v) is 3.32. The van der Waals surface area contributed by atoms with Crippen LogP contribution in [0.3, 0.4) is 0 Å². The highest BCUT2D eigenvalue weighted by Crippen LogP contribution is 2.08. The molecule has 0 saturated heterocycles. The lowest BCUT2D eigenvalue weighted by Crippen LogP contribution is -2.44. The van der Waals surface area contributed by atoms with Crippen molar-refractivity contribution in [1.82, 2.24) is 9.62 Å². The topological polar surface area (TPSA) is 66.5 Å². The van der Waals surface area contributed by atoms with Crippen LogP contribution in [0, 0.1) is 0 Å². The van der Waals surface area contributed by atoms with E-state index in [2.05, 4.69) is 17.4 Å². The Bertz CT molecular complexity index is 558. The number of sulfonamides is 1. The van der Waals surface area contributed by atoms with E-state index in [0.29, 0.717) is 13.0 Å². The van der Waals surface area contributed by atoms with E-state index in [-0.39, 0.29) is 18.5 Å². The molecule has 1 atom stereocenters. The van der Waals surface area contributed by atoms with Gasteiger partial charge in [-0.15, -0.1) is 0 Å². The Morgan fingerprint density at radius 3 is 2.45 bits per heavy atom. The van der Waals surface area contributed by atoms with E-state index in [0.717, 1.165) is 19.1 Å². The number of carbonyl (C=O) groups is 1. The molecule has 0 fully saturated rings. The van der Waals surface area contributed by atoms with Gasteiger partial charge in [-0.25, -0.2) is 8.42 Å². The molecular weight excluding hydrogens is 300 g/mol. The maximum absolute atomic E-state index is 11.9. The first-order valence-corrected chi connectivity index (χ1v) is 9.47. The summed E-state index contributed by atoms with van der Waals surface area (Å²) in [6.45, 7) is 4.15. The zero-order valence-electron chi connectivity index (χ0n) is 13.6. The molecule has 22 heavy (non-hydrogen) atoms. The molecule has 1 aromatic rings. The maximum Gasteiger partial charge on any atom is 0.235 e. The second-order valence-electron chi connectivity index (χ2n) is 5.50. The molecule has 1 aromatic carbocycles. The number of hydrogen-bond acceptors (Lipinski definition) is 3. The van der Waals surface area contributed by atoms with Gasteiger partial charge in [-0.05, 0) is 31.7 Å². The Labute approximate surface area is 133 Å². The third kappa shape index (κ3) is 6.58. The molecule has 0 aliphatic carbocycles. The summed E-state index contributed by atoms with van der Waals surface area (Å²) in [6, 6.07) is 9.88. The van der Waals surface area contributed by atoms with Gasteiger partial charge in [0.15, 0.2) is 0 Å². The number of rotatable bonds is 9. The molecule has 0 heterocycles. The number of nitrogens with one attached hydrogen (secondary N) is 1. The minimum Gasteiger partial charge on any atom is -0.355 e. The highest BCUT2D eigenvalue weighted by atomic mass is 32.2. The summed E-state index contributed by atoms with van der Waals surface area (Å²) < 4.78 is 24.7. The summed E-state index contributed by atoms with van der Waals surface area (Å²) in [5.74, 6) is -0.251. The number of nitrogens with zero attached hydrogens (tertiary/aromatic N) is 1. The largest absolute Gasteiger partial charge is 0.355 e. The van der Waals surface area contributed by atoms with Crippen LogP contribution in [-0.2, 0) is 21.2 Å². The Hall–Kier alpha value is -1.40. The monoisotopic (exact) mass is 326 g/mol. The number of hydrogen-bond donors (Lipinski definition) is 1. The van der Waals surface area contributed by atoms with Gasteiger partial charge >= 0.3 is 0 Å². The maximum atomic E-state index is 11.9. The van der Waals surface area contributed by atoms with Crippen molar-refractivity contribution < 1.29 is 13.2 Å². The summed E-state index contributed by atoms with van der Waals surface area (Å²) in [5.41, 5.74) is 1.23. The van der Waals surface area contributed by atoms with Crippen molar-refractivity contribution in [1.29, 1.82) is 0 Å². The van der Waals surface area contributed by atoms with Crippen LogP contribution in [0.1, 0.15) is 32.3 Å². The van der Waals surface area contributed by atoms with Crippen molar-refractivity contribution in [3.05, 3.63) is 35.9 Å². The van der Waals surface area contributed by atoms with Crippen LogP contribution in [0.25, 0.3) is 0 Å². The second-order valence-corrected chi connectivity index (χ2v) is 7.44. The summed E-state index contributed by atoms with van der Waals surface area (Å²) in [7, 11) is -3.37. The third-order valence-corrected chi connectivity index (χ3v) is 4.96. The average Bonchev–Trinajstić information content (AvgIpc) is 2.48. The zero-order chi connectivity index (χ0) is 16.6. The van der Waals surface area contributed by atoms with Gasteiger partial charge in [0.25, 0.3) is 0 Å². The van der Waals surface area contributed by atoms with Gasteiger partial charge in [-0.3, -0.25) is 4.79 Å². The molecule has 1 amide bonds. The van der Waals surface area contributed by atoms with E-state index >= 15 is 0 Å². The van der Waals surface area contributed by atoms with Crippen LogP contribution in [0.2, 0.25) is 0 Å². The van der Waals surface area contributed by atoms with Crippen LogP contribution >= 0.6 is 0 Å². The molecule has 0 aromatic heterocycles. The summed E-state index contributed by atoms with van der Waals surface area (Å²) in [4.78, 5) is 11.9. The van der Waals surface area contributed by atoms with E-state index < -0.39 is 10.0 Å². The third-order valence-electron chi connectivity index (χ3n) is 3.62. The van der Waals surface area contributed by atoms with E-state index in [9.17, 15) is 13.2 Å². The van der Waals surface area contributed by atoms with Gasteiger partial charge in [-0.2, -0.15) is 4.31 Å². The summed E-state index contributed by atoms with van der Waals surface area (Å²) >= 11 is 0. The Morgan fingerprint density at radius 1 is 1.27 bits per heavy atom. The van der Waals surface area contributed by atoms with Crippen molar-refractivity contribution in [3.8, 4) is 0 Å². The molecule has 0 aliphatic rings. The molecular formula is C16H26N2O3S. The van der Waals surface area contributed by atoms with Gasteiger partial charge in [-0.1, -0.05) is 37.3 Å². The highest BCUT2D eigenvalue weighted by molar-refractivity contribution is 7.88. The predicted octanol–water partition coefficient (Wildman–Crippen LogP) is 1.80. The fraction of sp³-hybridized carbons (Fsp3) is 0.562. The molecule has 0 aliphatic heterocycles. The normalized spacial score (nSPS) is 13.1. The summed E-state index contributed by atoms with van der Waals surface area (Å²) in [5, 5.41) is 2.79. The molecule has 1 rings (SSSR count). The molecule has 124 valence electrons. The molecule has 0 saturated carbocycles. The lowest BCUT2D eigenvalue weighted by molar-refractivity contribution is -0.121.